The number of carbonyl (C=O) groups is 1. The van der Waals surface area contributed by atoms with Crippen LogP contribution in [0.15, 0.2) is 0 Å². The molecule has 0 radical (unpaired) electrons. The first-order chi connectivity index (χ1) is 10.4. The predicted octanol–water partition coefficient (Wildman–Crippen LogP) is 0.600. The van der Waals surface area contributed by atoms with Crippen LogP contribution in [0.4, 0.5) is 0 Å². The smallest absolute Gasteiger partial charge is 0.236 e. The molecule has 1 heterocycles. The van der Waals surface area contributed by atoms with Crippen molar-refractivity contribution in [2.45, 2.75) is 51.5 Å². The van der Waals surface area contributed by atoms with Gasteiger partial charge in [-0.25, -0.2) is 13.1 Å². The third-order valence-electron chi connectivity index (χ3n) is 4.67. The van der Waals surface area contributed by atoms with Crippen LogP contribution in [0.2, 0.25) is 0 Å². The van der Waals surface area contributed by atoms with E-state index < -0.39 is 21.7 Å². The summed E-state index contributed by atoms with van der Waals surface area (Å²) in [4.78, 5) is 11.8. The van der Waals surface area contributed by atoms with Gasteiger partial charge in [-0.1, -0.05) is 6.92 Å². The molecule has 1 saturated carbocycles. The van der Waals surface area contributed by atoms with Crippen molar-refractivity contribution in [3.05, 3.63) is 0 Å². The molecule has 1 amide bonds. The zero-order chi connectivity index (χ0) is 16.0. The topological polar surface area (TPSA) is 87.3 Å². The molecule has 22 heavy (non-hydrogen) atoms. The highest BCUT2D eigenvalue weighted by atomic mass is 32.2. The van der Waals surface area contributed by atoms with Crippen molar-refractivity contribution >= 4 is 15.9 Å². The van der Waals surface area contributed by atoms with Gasteiger partial charge in [0.05, 0.1) is 0 Å². The maximum Gasteiger partial charge on any atom is 0.236 e. The monoisotopic (exact) mass is 331 g/mol. The van der Waals surface area contributed by atoms with Crippen molar-refractivity contribution in [2.75, 3.05) is 25.4 Å². The molecular formula is C15H29N3O3S. The third-order valence-corrected chi connectivity index (χ3v) is 6.00. The Hall–Kier alpha value is -0.660. The summed E-state index contributed by atoms with van der Waals surface area (Å²) < 4.78 is 26.8. The van der Waals surface area contributed by atoms with Crippen LogP contribution in [-0.2, 0) is 14.8 Å². The van der Waals surface area contributed by atoms with Gasteiger partial charge >= 0.3 is 0 Å². The summed E-state index contributed by atoms with van der Waals surface area (Å²) in [6.07, 6.45) is 6.03. The Kier molecular flexibility index (Phi) is 6.65. The largest absolute Gasteiger partial charge is 0.355 e. The molecule has 2 aliphatic rings. The van der Waals surface area contributed by atoms with Crippen molar-refractivity contribution in [1.29, 1.82) is 0 Å². The van der Waals surface area contributed by atoms with Crippen LogP contribution in [0, 0.1) is 11.8 Å². The third kappa shape index (κ3) is 6.22. The molecule has 0 bridgehead atoms. The van der Waals surface area contributed by atoms with Crippen molar-refractivity contribution in [1.82, 2.24) is 15.4 Å². The predicted molar refractivity (Wildman–Crippen MR) is 86.9 cm³/mol. The van der Waals surface area contributed by atoms with Gasteiger partial charge in [0.25, 0.3) is 0 Å². The molecule has 6 nitrogen and oxygen atoms in total. The molecule has 1 atom stereocenters. The van der Waals surface area contributed by atoms with E-state index >= 15 is 0 Å². The average molecular weight is 331 g/mol. The fraction of sp³-hybridized carbons (Fsp3) is 0.933. The number of piperidine rings is 1. The molecule has 1 saturated heterocycles. The minimum atomic E-state index is -3.53. The van der Waals surface area contributed by atoms with Crippen LogP contribution in [-0.4, -0.2) is 45.8 Å². The summed E-state index contributed by atoms with van der Waals surface area (Å²) in [6.45, 7) is 4.68. The Labute approximate surface area is 133 Å². The fourth-order valence-electron chi connectivity index (χ4n) is 3.25. The fourth-order valence-corrected chi connectivity index (χ4v) is 4.53. The summed E-state index contributed by atoms with van der Waals surface area (Å²) in [5.74, 6) is 0.225. The second-order valence-electron chi connectivity index (χ2n) is 6.85. The number of hydrogen-bond donors (Lipinski definition) is 3. The first-order valence-corrected chi connectivity index (χ1v) is 10.1. The van der Waals surface area contributed by atoms with Gasteiger partial charge in [0, 0.05) is 12.6 Å². The minimum absolute atomic E-state index is 0.00320. The second kappa shape index (κ2) is 8.26. The highest BCUT2D eigenvalue weighted by Gasteiger charge is 2.25. The molecule has 0 spiro atoms. The number of sulfonamides is 1. The second-order valence-corrected chi connectivity index (χ2v) is 8.60. The van der Waals surface area contributed by atoms with E-state index in [1.54, 1.807) is 0 Å². The number of hydrogen-bond acceptors (Lipinski definition) is 4. The highest BCUT2D eigenvalue weighted by Crippen LogP contribution is 2.23. The van der Waals surface area contributed by atoms with E-state index in [0.717, 1.165) is 51.6 Å². The first kappa shape index (κ1) is 17.7. The van der Waals surface area contributed by atoms with Gasteiger partial charge in [-0.3, -0.25) is 4.79 Å². The minimum Gasteiger partial charge on any atom is -0.355 e. The number of carbonyl (C=O) groups excluding carboxylic acids is 1. The molecule has 0 aromatic rings. The Morgan fingerprint density at radius 1 is 1.18 bits per heavy atom. The average Bonchev–Trinajstić information content (AvgIpc) is 2.48. The molecule has 1 aliphatic heterocycles. The van der Waals surface area contributed by atoms with Gasteiger partial charge in [0.1, 0.15) is 5.75 Å². The lowest BCUT2D eigenvalue weighted by Gasteiger charge is -2.26. The molecule has 0 aromatic carbocycles. The van der Waals surface area contributed by atoms with Crippen LogP contribution >= 0.6 is 0 Å². The summed E-state index contributed by atoms with van der Waals surface area (Å²) in [7, 11) is -3.53. The first-order valence-electron chi connectivity index (χ1n) is 8.42. The molecule has 0 aromatic heterocycles. The summed E-state index contributed by atoms with van der Waals surface area (Å²) in [5, 5.41) is 6.04. The standard InChI is InChI=1S/C15H29N3O3S/c1-12-4-6-14(7-5-12)18-22(20,21)11-15(19)17-10-13-3-2-8-16-9-13/h12-14,16,18H,2-11H2,1H3,(H,17,19). The van der Waals surface area contributed by atoms with Gasteiger partial charge in [-0.05, 0) is 63.5 Å². The Morgan fingerprint density at radius 3 is 2.55 bits per heavy atom. The van der Waals surface area contributed by atoms with Crippen LogP contribution in [0.1, 0.15) is 45.4 Å². The lowest BCUT2D eigenvalue weighted by molar-refractivity contribution is -0.118. The Bertz CT molecular complexity index is 453. The Balaban J connectivity index is 1.69. The van der Waals surface area contributed by atoms with Gasteiger partial charge in [0.15, 0.2) is 0 Å². The molecule has 7 heteroatoms. The molecule has 3 N–H and O–H groups in total. The van der Waals surface area contributed by atoms with Crippen molar-refractivity contribution in [2.24, 2.45) is 11.8 Å². The normalized spacial score (nSPS) is 30.0. The van der Waals surface area contributed by atoms with Crippen molar-refractivity contribution in [3.63, 3.8) is 0 Å². The Morgan fingerprint density at radius 2 is 1.91 bits per heavy atom. The van der Waals surface area contributed by atoms with Crippen molar-refractivity contribution < 1.29 is 13.2 Å². The van der Waals surface area contributed by atoms with Gasteiger partial charge in [-0.15, -0.1) is 0 Å². The van der Waals surface area contributed by atoms with E-state index in [1.165, 1.54) is 0 Å². The molecule has 1 unspecified atom stereocenters. The molecule has 128 valence electrons. The van der Waals surface area contributed by atoms with Crippen LogP contribution in [0.3, 0.4) is 0 Å². The van der Waals surface area contributed by atoms with E-state index in [1.807, 2.05) is 0 Å². The summed E-state index contributed by atoms with van der Waals surface area (Å²) >= 11 is 0. The van der Waals surface area contributed by atoms with Crippen LogP contribution < -0.4 is 15.4 Å². The molecule has 2 fully saturated rings. The van der Waals surface area contributed by atoms with E-state index in [2.05, 4.69) is 22.3 Å². The quantitative estimate of drug-likeness (QED) is 0.665. The van der Waals surface area contributed by atoms with Gasteiger partial charge in [-0.2, -0.15) is 0 Å². The number of nitrogens with one attached hydrogen (secondary N) is 3. The summed E-state index contributed by atoms with van der Waals surface area (Å²) in [6, 6.07) is -0.00320. The molecule has 1 aliphatic carbocycles. The van der Waals surface area contributed by atoms with Crippen LogP contribution in [0.25, 0.3) is 0 Å². The van der Waals surface area contributed by atoms with Gasteiger partial charge in [0.2, 0.25) is 15.9 Å². The maximum atomic E-state index is 12.1. The van der Waals surface area contributed by atoms with E-state index in [-0.39, 0.29) is 6.04 Å². The van der Waals surface area contributed by atoms with E-state index in [4.69, 9.17) is 0 Å². The lowest BCUT2D eigenvalue weighted by atomic mass is 9.88. The van der Waals surface area contributed by atoms with E-state index in [9.17, 15) is 13.2 Å². The number of amides is 1. The highest BCUT2D eigenvalue weighted by molar-refractivity contribution is 7.90. The molecule has 2 rings (SSSR count). The zero-order valence-electron chi connectivity index (χ0n) is 13.4. The summed E-state index contributed by atoms with van der Waals surface area (Å²) in [5.41, 5.74) is 0. The zero-order valence-corrected chi connectivity index (χ0v) is 14.3. The molecular weight excluding hydrogens is 302 g/mol. The number of rotatable bonds is 6. The lowest BCUT2D eigenvalue weighted by Crippen LogP contribution is -2.44. The van der Waals surface area contributed by atoms with Gasteiger partial charge < -0.3 is 10.6 Å². The SMILES string of the molecule is CC1CCC(NS(=O)(=O)CC(=O)NCC2CCCNC2)CC1. The van der Waals surface area contributed by atoms with Crippen LogP contribution in [0.5, 0.6) is 0 Å². The van der Waals surface area contributed by atoms with Crippen molar-refractivity contribution in [3.8, 4) is 0 Å². The maximum absolute atomic E-state index is 12.1. The van der Waals surface area contributed by atoms with E-state index in [0.29, 0.717) is 18.4 Å².